The molecule has 0 heterocycles. The van der Waals surface area contributed by atoms with Crippen LogP contribution in [0.3, 0.4) is 0 Å². The molecule has 27 heavy (non-hydrogen) atoms. The zero-order chi connectivity index (χ0) is 19.8. The summed E-state index contributed by atoms with van der Waals surface area (Å²) in [6.07, 6.45) is 3.59. The van der Waals surface area contributed by atoms with Gasteiger partial charge in [-0.1, -0.05) is 26.3 Å². The van der Waals surface area contributed by atoms with Gasteiger partial charge in [-0.05, 0) is 49.3 Å². The van der Waals surface area contributed by atoms with Crippen molar-refractivity contribution in [2.75, 3.05) is 13.7 Å². The van der Waals surface area contributed by atoms with Gasteiger partial charge in [-0.2, -0.15) is 0 Å². The first-order chi connectivity index (χ1) is 12.9. The Kier molecular flexibility index (Phi) is 7.95. The van der Waals surface area contributed by atoms with Crippen molar-refractivity contribution >= 4 is 11.9 Å². The summed E-state index contributed by atoms with van der Waals surface area (Å²) in [5.41, 5.74) is 0.919. The van der Waals surface area contributed by atoms with Gasteiger partial charge in [-0.3, -0.25) is 9.59 Å². The second-order valence-electron chi connectivity index (χ2n) is 7.63. The Balaban J connectivity index is 1.89. The molecule has 1 fully saturated rings. The van der Waals surface area contributed by atoms with Crippen LogP contribution in [0.1, 0.15) is 51.5 Å². The third-order valence-corrected chi connectivity index (χ3v) is 5.04. The summed E-state index contributed by atoms with van der Waals surface area (Å²) < 4.78 is 11.2. The van der Waals surface area contributed by atoms with E-state index >= 15 is 0 Å². The van der Waals surface area contributed by atoms with Gasteiger partial charge in [0.1, 0.15) is 0 Å². The summed E-state index contributed by atoms with van der Waals surface area (Å²) in [6.45, 7) is 5.32. The minimum Gasteiger partial charge on any atom is -0.493 e. The zero-order valence-electron chi connectivity index (χ0n) is 16.5. The first kappa shape index (κ1) is 21.1. The number of nitrogens with one attached hydrogen (secondary N) is 1. The standard InChI is InChI=1S/C21H31NO5/c1-14(2)9-10-27-18-8-7-15(11-19(18)26-3)13-22-20(23)16-5-4-6-17(12-16)21(24)25/h7-8,11,14,16-17H,4-6,9-10,12-13H2,1-3H3,(H,22,23)(H,24,25). The number of hydrogen-bond acceptors (Lipinski definition) is 4. The number of carbonyl (C=O) groups excluding carboxylic acids is 1. The molecular formula is C21H31NO5. The van der Waals surface area contributed by atoms with Crippen molar-refractivity contribution in [3.8, 4) is 11.5 Å². The van der Waals surface area contributed by atoms with Crippen molar-refractivity contribution in [1.29, 1.82) is 0 Å². The highest BCUT2D eigenvalue weighted by atomic mass is 16.5. The maximum absolute atomic E-state index is 12.4. The van der Waals surface area contributed by atoms with Crippen LogP contribution in [0.2, 0.25) is 0 Å². The predicted octanol–water partition coefficient (Wildman–Crippen LogP) is 3.63. The lowest BCUT2D eigenvalue weighted by Gasteiger charge is -2.25. The molecular weight excluding hydrogens is 346 g/mol. The highest BCUT2D eigenvalue weighted by Crippen LogP contribution is 2.30. The van der Waals surface area contributed by atoms with Crippen LogP contribution in [-0.4, -0.2) is 30.7 Å². The Morgan fingerprint density at radius 2 is 1.96 bits per heavy atom. The molecule has 1 aromatic carbocycles. The second-order valence-corrected chi connectivity index (χ2v) is 7.63. The number of benzene rings is 1. The monoisotopic (exact) mass is 377 g/mol. The number of ether oxygens (including phenoxy) is 2. The molecule has 2 unspecified atom stereocenters. The maximum atomic E-state index is 12.4. The molecule has 0 aliphatic heterocycles. The third-order valence-electron chi connectivity index (χ3n) is 5.04. The van der Waals surface area contributed by atoms with E-state index in [0.29, 0.717) is 43.4 Å². The topological polar surface area (TPSA) is 84.9 Å². The van der Waals surface area contributed by atoms with Crippen LogP contribution in [0.4, 0.5) is 0 Å². The Hall–Kier alpha value is -2.24. The predicted molar refractivity (Wildman–Crippen MR) is 103 cm³/mol. The molecule has 0 aromatic heterocycles. The molecule has 2 rings (SSSR count). The fraction of sp³-hybridized carbons (Fsp3) is 0.619. The SMILES string of the molecule is COc1cc(CNC(=O)C2CCCC(C(=O)O)C2)ccc1OCCC(C)C. The summed E-state index contributed by atoms with van der Waals surface area (Å²) in [5, 5.41) is 12.1. The molecule has 0 saturated heterocycles. The van der Waals surface area contributed by atoms with Crippen LogP contribution in [-0.2, 0) is 16.1 Å². The van der Waals surface area contributed by atoms with Crippen LogP contribution in [0.15, 0.2) is 18.2 Å². The molecule has 0 bridgehead atoms. The molecule has 1 saturated carbocycles. The number of rotatable bonds is 9. The first-order valence-corrected chi connectivity index (χ1v) is 9.71. The van der Waals surface area contributed by atoms with Crippen molar-refractivity contribution in [3.05, 3.63) is 23.8 Å². The summed E-state index contributed by atoms with van der Waals surface area (Å²) >= 11 is 0. The van der Waals surface area contributed by atoms with Crippen LogP contribution in [0, 0.1) is 17.8 Å². The molecule has 1 aliphatic carbocycles. The van der Waals surface area contributed by atoms with E-state index in [4.69, 9.17) is 14.6 Å². The average molecular weight is 377 g/mol. The molecule has 2 atom stereocenters. The lowest BCUT2D eigenvalue weighted by atomic mass is 9.81. The number of methoxy groups -OCH3 is 1. The fourth-order valence-corrected chi connectivity index (χ4v) is 3.33. The van der Waals surface area contributed by atoms with Crippen molar-refractivity contribution < 1.29 is 24.2 Å². The summed E-state index contributed by atoms with van der Waals surface area (Å²) in [7, 11) is 1.60. The molecule has 0 radical (unpaired) electrons. The lowest BCUT2D eigenvalue weighted by Crippen LogP contribution is -2.35. The molecule has 1 aliphatic rings. The quantitative estimate of drug-likeness (QED) is 0.686. The summed E-state index contributed by atoms with van der Waals surface area (Å²) in [6, 6.07) is 5.64. The van der Waals surface area contributed by atoms with Gasteiger partial charge in [0.05, 0.1) is 19.6 Å². The van der Waals surface area contributed by atoms with Gasteiger partial charge < -0.3 is 19.9 Å². The fourth-order valence-electron chi connectivity index (χ4n) is 3.33. The van der Waals surface area contributed by atoms with Gasteiger partial charge >= 0.3 is 5.97 Å². The largest absolute Gasteiger partial charge is 0.493 e. The Bertz CT molecular complexity index is 643. The number of carboxylic acids is 1. The van der Waals surface area contributed by atoms with E-state index in [9.17, 15) is 9.59 Å². The van der Waals surface area contributed by atoms with E-state index in [0.717, 1.165) is 24.8 Å². The third kappa shape index (κ3) is 6.45. The smallest absolute Gasteiger partial charge is 0.306 e. The average Bonchev–Trinajstić information content (AvgIpc) is 2.66. The molecule has 1 amide bonds. The zero-order valence-corrected chi connectivity index (χ0v) is 16.5. The van der Waals surface area contributed by atoms with Crippen molar-refractivity contribution in [2.24, 2.45) is 17.8 Å². The molecule has 2 N–H and O–H groups in total. The van der Waals surface area contributed by atoms with Crippen LogP contribution >= 0.6 is 0 Å². The van der Waals surface area contributed by atoms with E-state index in [1.165, 1.54) is 0 Å². The van der Waals surface area contributed by atoms with Gasteiger partial charge in [0, 0.05) is 12.5 Å². The first-order valence-electron chi connectivity index (χ1n) is 9.71. The molecule has 1 aromatic rings. The number of carbonyl (C=O) groups is 2. The van der Waals surface area contributed by atoms with Gasteiger partial charge in [0.25, 0.3) is 0 Å². The molecule has 6 heteroatoms. The minimum atomic E-state index is -0.801. The molecule has 0 spiro atoms. The maximum Gasteiger partial charge on any atom is 0.306 e. The van der Waals surface area contributed by atoms with Crippen LogP contribution in [0.25, 0.3) is 0 Å². The highest BCUT2D eigenvalue weighted by Gasteiger charge is 2.30. The minimum absolute atomic E-state index is 0.0721. The number of aliphatic carboxylic acids is 1. The van der Waals surface area contributed by atoms with Gasteiger partial charge in [-0.15, -0.1) is 0 Å². The van der Waals surface area contributed by atoms with E-state index in [1.807, 2.05) is 18.2 Å². The van der Waals surface area contributed by atoms with Crippen LogP contribution in [0.5, 0.6) is 11.5 Å². The number of amides is 1. The van der Waals surface area contributed by atoms with Gasteiger partial charge in [-0.25, -0.2) is 0 Å². The van der Waals surface area contributed by atoms with Crippen molar-refractivity contribution in [3.63, 3.8) is 0 Å². The van der Waals surface area contributed by atoms with Crippen LogP contribution < -0.4 is 14.8 Å². The van der Waals surface area contributed by atoms with E-state index < -0.39 is 11.9 Å². The summed E-state index contributed by atoms with van der Waals surface area (Å²) in [4.78, 5) is 23.6. The van der Waals surface area contributed by atoms with Crippen molar-refractivity contribution in [1.82, 2.24) is 5.32 Å². The number of hydrogen-bond donors (Lipinski definition) is 2. The highest BCUT2D eigenvalue weighted by molar-refractivity contribution is 5.80. The van der Waals surface area contributed by atoms with E-state index in [1.54, 1.807) is 7.11 Å². The second kappa shape index (κ2) is 10.2. The van der Waals surface area contributed by atoms with Gasteiger partial charge in [0.2, 0.25) is 5.91 Å². The Morgan fingerprint density at radius 3 is 2.63 bits per heavy atom. The Morgan fingerprint density at radius 1 is 1.22 bits per heavy atom. The lowest BCUT2D eigenvalue weighted by molar-refractivity contribution is -0.144. The Labute approximate surface area is 161 Å². The normalized spacial score (nSPS) is 19.6. The molecule has 6 nitrogen and oxygen atoms in total. The molecule has 150 valence electrons. The van der Waals surface area contributed by atoms with E-state index in [-0.39, 0.29) is 11.8 Å². The summed E-state index contributed by atoms with van der Waals surface area (Å²) in [5.74, 6) is 0.421. The number of carboxylic acid groups (broad SMARTS) is 1. The van der Waals surface area contributed by atoms with Gasteiger partial charge in [0.15, 0.2) is 11.5 Å². The van der Waals surface area contributed by atoms with E-state index in [2.05, 4.69) is 19.2 Å². The van der Waals surface area contributed by atoms with Crippen molar-refractivity contribution in [2.45, 2.75) is 52.5 Å².